The summed E-state index contributed by atoms with van der Waals surface area (Å²) in [5.41, 5.74) is 4.19. The first-order chi connectivity index (χ1) is 9.06. The minimum Gasteiger partial charge on any atom is -0.271 e. The van der Waals surface area contributed by atoms with Crippen molar-refractivity contribution in [2.24, 2.45) is 5.84 Å². The fourth-order valence-electron chi connectivity index (χ4n) is 2.12. The Bertz CT molecular complexity index is 580. The molecule has 102 valence electrons. The van der Waals surface area contributed by atoms with Crippen molar-refractivity contribution in [3.05, 3.63) is 52.9 Å². The van der Waals surface area contributed by atoms with Gasteiger partial charge in [0.25, 0.3) is 0 Å². The maximum atomic E-state index is 13.8. The van der Waals surface area contributed by atoms with Crippen LogP contribution in [0.4, 0.5) is 8.78 Å². The number of nitrogens with two attached hydrogens (primary N) is 1. The fourth-order valence-corrected chi connectivity index (χ4v) is 2.12. The topological polar surface area (TPSA) is 55.9 Å². The quantitative estimate of drug-likeness (QED) is 0.657. The number of hydrogen-bond donors (Lipinski definition) is 2. The third-order valence-corrected chi connectivity index (χ3v) is 2.96. The minimum atomic E-state index is -0.642. The standard InChI is InChI=1S/C13H16F2N4/c1-3-19-12(6-8(2)18-19)13(17-16)10-7-9(14)4-5-11(10)15/h4-7,13,17H,3,16H2,1-2H3. The summed E-state index contributed by atoms with van der Waals surface area (Å²) < 4.78 is 28.8. The van der Waals surface area contributed by atoms with Gasteiger partial charge in [-0.3, -0.25) is 10.5 Å². The minimum absolute atomic E-state index is 0.164. The molecule has 0 radical (unpaired) electrons. The molecule has 0 fully saturated rings. The normalized spacial score (nSPS) is 12.7. The lowest BCUT2D eigenvalue weighted by Gasteiger charge is -2.18. The molecule has 0 aliphatic carbocycles. The van der Waals surface area contributed by atoms with E-state index in [-0.39, 0.29) is 5.56 Å². The number of aryl methyl sites for hydroxylation is 2. The van der Waals surface area contributed by atoms with Crippen molar-refractivity contribution < 1.29 is 8.78 Å². The number of rotatable bonds is 4. The van der Waals surface area contributed by atoms with Crippen LogP contribution < -0.4 is 11.3 Å². The second kappa shape index (κ2) is 5.46. The van der Waals surface area contributed by atoms with E-state index in [1.165, 1.54) is 0 Å². The van der Waals surface area contributed by atoms with Crippen LogP contribution in [0.3, 0.4) is 0 Å². The highest BCUT2D eigenvalue weighted by Crippen LogP contribution is 2.25. The Balaban J connectivity index is 2.52. The van der Waals surface area contributed by atoms with Crippen LogP contribution in [0.25, 0.3) is 0 Å². The van der Waals surface area contributed by atoms with Gasteiger partial charge in [-0.15, -0.1) is 0 Å². The Labute approximate surface area is 110 Å². The maximum absolute atomic E-state index is 13.8. The lowest BCUT2D eigenvalue weighted by atomic mass is 10.0. The Kier molecular flexibility index (Phi) is 3.92. The number of hydrogen-bond acceptors (Lipinski definition) is 3. The van der Waals surface area contributed by atoms with Crippen molar-refractivity contribution in [1.29, 1.82) is 0 Å². The molecule has 1 unspecified atom stereocenters. The van der Waals surface area contributed by atoms with E-state index in [1.54, 1.807) is 10.7 Å². The lowest BCUT2D eigenvalue weighted by Crippen LogP contribution is -2.31. The first-order valence-electron chi connectivity index (χ1n) is 6.02. The summed E-state index contributed by atoms with van der Waals surface area (Å²) in [4.78, 5) is 0. The predicted octanol–water partition coefficient (Wildman–Crippen LogP) is 2.04. The van der Waals surface area contributed by atoms with E-state index in [4.69, 9.17) is 5.84 Å². The van der Waals surface area contributed by atoms with Gasteiger partial charge in [-0.2, -0.15) is 5.10 Å². The number of hydrazine groups is 1. The van der Waals surface area contributed by atoms with Gasteiger partial charge in [0.2, 0.25) is 0 Å². The molecule has 1 atom stereocenters. The maximum Gasteiger partial charge on any atom is 0.128 e. The highest BCUT2D eigenvalue weighted by molar-refractivity contribution is 5.30. The summed E-state index contributed by atoms with van der Waals surface area (Å²) in [6.07, 6.45) is 0. The molecule has 19 heavy (non-hydrogen) atoms. The molecule has 0 spiro atoms. The molecular formula is C13H16F2N4. The number of halogens is 2. The number of benzene rings is 1. The molecule has 0 saturated carbocycles. The summed E-state index contributed by atoms with van der Waals surface area (Å²) in [6.45, 7) is 4.38. The van der Waals surface area contributed by atoms with Crippen LogP contribution in [0, 0.1) is 18.6 Å². The van der Waals surface area contributed by atoms with Crippen LogP contribution in [-0.2, 0) is 6.54 Å². The van der Waals surface area contributed by atoms with Gasteiger partial charge >= 0.3 is 0 Å². The zero-order chi connectivity index (χ0) is 14.0. The van der Waals surface area contributed by atoms with E-state index in [0.29, 0.717) is 12.2 Å². The molecule has 0 aliphatic rings. The lowest BCUT2D eigenvalue weighted by molar-refractivity contribution is 0.509. The van der Waals surface area contributed by atoms with Gasteiger partial charge in [-0.25, -0.2) is 14.2 Å². The monoisotopic (exact) mass is 266 g/mol. The number of nitrogens with zero attached hydrogens (tertiary/aromatic N) is 2. The van der Waals surface area contributed by atoms with Crippen molar-refractivity contribution in [3.8, 4) is 0 Å². The largest absolute Gasteiger partial charge is 0.271 e. The molecule has 6 heteroatoms. The van der Waals surface area contributed by atoms with Gasteiger partial charge in [-0.05, 0) is 38.1 Å². The van der Waals surface area contributed by atoms with E-state index in [1.807, 2.05) is 13.8 Å². The third-order valence-electron chi connectivity index (χ3n) is 2.96. The smallest absolute Gasteiger partial charge is 0.128 e. The SMILES string of the molecule is CCn1nc(C)cc1C(NN)c1cc(F)ccc1F. The fraction of sp³-hybridized carbons (Fsp3) is 0.308. The molecule has 0 saturated heterocycles. The van der Waals surface area contributed by atoms with Crippen molar-refractivity contribution in [1.82, 2.24) is 15.2 Å². The van der Waals surface area contributed by atoms with E-state index in [0.717, 1.165) is 23.9 Å². The molecule has 3 N–H and O–H groups in total. The van der Waals surface area contributed by atoms with Crippen molar-refractivity contribution >= 4 is 0 Å². The van der Waals surface area contributed by atoms with Crippen LogP contribution >= 0.6 is 0 Å². The van der Waals surface area contributed by atoms with E-state index >= 15 is 0 Å². The molecule has 4 nitrogen and oxygen atoms in total. The first-order valence-corrected chi connectivity index (χ1v) is 6.02. The Morgan fingerprint density at radius 3 is 2.74 bits per heavy atom. The third kappa shape index (κ3) is 2.64. The Hall–Kier alpha value is -1.79. The van der Waals surface area contributed by atoms with Gasteiger partial charge in [0.05, 0.1) is 17.4 Å². The van der Waals surface area contributed by atoms with Crippen molar-refractivity contribution in [2.75, 3.05) is 0 Å². The molecule has 0 bridgehead atoms. The summed E-state index contributed by atoms with van der Waals surface area (Å²) in [5.74, 6) is 4.50. The summed E-state index contributed by atoms with van der Waals surface area (Å²) in [5, 5.41) is 4.28. The van der Waals surface area contributed by atoms with Crippen LogP contribution in [0.1, 0.15) is 29.9 Å². The highest BCUT2D eigenvalue weighted by atomic mass is 19.1. The zero-order valence-electron chi connectivity index (χ0n) is 10.8. The summed E-state index contributed by atoms with van der Waals surface area (Å²) in [6, 6.07) is 4.47. The molecule has 0 aliphatic heterocycles. The van der Waals surface area contributed by atoms with Crippen molar-refractivity contribution in [3.63, 3.8) is 0 Å². The average molecular weight is 266 g/mol. The summed E-state index contributed by atoms with van der Waals surface area (Å²) >= 11 is 0. The van der Waals surface area contributed by atoms with Gasteiger partial charge < -0.3 is 0 Å². The number of nitrogens with one attached hydrogen (secondary N) is 1. The van der Waals surface area contributed by atoms with Gasteiger partial charge in [0.1, 0.15) is 11.6 Å². The Morgan fingerprint density at radius 1 is 1.37 bits per heavy atom. The zero-order valence-corrected chi connectivity index (χ0v) is 10.8. The molecule has 0 amide bonds. The van der Waals surface area contributed by atoms with E-state index in [2.05, 4.69) is 10.5 Å². The average Bonchev–Trinajstić information content (AvgIpc) is 2.76. The predicted molar refractivity (Wildman–Crippen MR) is 68.2 cm³/mol. The van der Waals surface area contributed by atoms with E-state index in [9.17, 15) is 8.78 Å². The van der Waals surface area contributed by atoms with Crippen molar-refractivity contribution in [2.45, 2.75) is 26.4 Å². The molecule has 1 heterocycles. The number of aromatic nitrogens is 2. The van der Waals surface area contributed by atoms with Gasteiger partial charge in [0, 0.05) is 12.1 Å². The Morgan fingerprint density at radius 2 is 2.11 bits per heavy atom. The van der Waals surface area contributed by atoms with E-state index < -0.39 is 17.7 Å². The molecule has 1 aromatic heterocycles. The molecule has 1 aromatic carbocycles. The van der Waals surface area contributed by atoms with Crippen LogP contribution in [-0.4, -0.2) is 9.78 Å². The van der Waals surface area contributed by atoms with Crippen LogP contribution in [0.2, 0.25) is 0 Å². The van der Waals surface area contributed by atoms with Crippen LogP contribution in [0.15, 0.2) is 24.3 Å². The second-order valence-corrected chi connectivity index (χ2v) is 4.29. The first kappa shape index (κ1) is 13.6. The van der Waals surface area contributed by atoms with Gasteiger partial charge in [-0.1, -0.05) is 0 Å². The van der Waals surface area contributed by atoms with Crippen LogP contribution in [0.5, 0.6) is 0 Å². The highest BCUT2D eigenvalue weighted by Gasteiger charge is 2.21. The molecule has 2 rings (SSSR count). The van der Waals surface area contributed by atoms with Gasteiger partial charge in [0.15, 0.2) is 0 Å². The summed E-state index contributed by atoms with van der Waals surface area (Å²) in [7, 11) is 0. The molecular weight excluding hydrogens is 250 g/mol. The molecule has 2 aromatic rings. The second-order valence-electron chi connectivity index (χ2n) is 4.29.